The summed E-state index contributed by atoms with van der Waals surface area (Å²) in [4.78, 5) is 6.37. The highest BCUT2D eigenvalue weighted by Crippen LogP contribution is 2.17. The standard InChI is InChI=1S/C9H17N5/c10-8-4-5-12-9(11,13-8)14-6-2-1-3-7-14/h4-5,12H,1-3,6-7,11H2,(H2,10,13). The Balaban J connectivity index is 2.11. The first-order valence-corrected chi connectivity index (χ1v) is 5.04. The molecule has 1 fully saturated rings. The van der Waals surface area contributed by atoms with Crippen molar-refractivity contribution in [1.29, 1.82) is 0 Å². The normalized spacial score (nSPS) is 33.6. The second-order valence-electron chi connectivity index (χ2n) is 3.79. The van der Waals surface area contributed by atoms with E-state index < -0.39 is 5.91 Å². The Morgan fingerprint density at radius 2 is 2.07 bits per heavy atom. The molecule has 0 amide bonds. The molecule has 1 unspecified atom stereocenters. The van der Waals surface area contributed by atoms with E-state index in [2.05, 4.69) is 15.2 Å². The van der Waals surface area contributed by atoms with Gasteiger partial charge in [-0.05, 0) is 18.9 Å². The van der Waals surface area contributed by atoms with Crippen LogP contribution in [0.3, 0.4) is 0 Å². The van der Waals surface area contributed by atoms with Gasteiger partial charge in [-0.2, -0.15) is 0 Å². The zero-order chi connectivity index (χ0) is 10.0. The van der Waals surface area contributed by atoms with Crippen LogP contribution in [-0.4, -0.2) is 29.7 Å². The monoisotopic (exact) mass is 195 g/mol. The summed E-state index contributed by atoms with van der Waals surface area (Å²) < 4.78 is 0. The van der Waals surface area contributed by atoms with Crippen molar-refractivity contribution in [2.24, 2.45) is 16.5 Å². The molecule has 0 aromatic rings. The van der Waals surface area contributed by atoms with Crippen molar-refractivity contribution < 1.29 is 0 Å². The van der Waals surface area contributed by atoms with Gasteiger partial charge in [0, 0.05) is 19.3 Å². The molecule has 5 heteroatoms. The molecule has 5 nitrogen and oxygen atoms in total. The number of likely N-dealkylation sites (tertiary alicyclic amines) is 1. The number of hydrogen-bond acceptors (Lipinski definition) is 5. The molecule has 14 heavy (non-hydrogen) atoms. The quantitative estimate of drug-likeness (QED) is 0.528. The van der Waals surface area contributed by atoms with Gasteiger partial charge in [-0.3, -0.25) is 5.73 Å². The van der Waals surface area contributed by atoms with Gasteiger partial charge < -0.3 is 11.1 Å². The van der Waals surface area contributed by atoms with Crippen LogP contribution in [0, 0.1) is 0 Å². The van der Waals surface area contributed by atoms with Gasteiger partial charge in [0.05, 0.1) is 0 Å². The molecule has 1 atom stereocenters. The Kier molecular flexibility index (Phi) is 2.43. The van der Waals surface area contributed by atoms with Crippen LogP contribution in [0.1, 0.15) is 19.3 Å². The summed E-state index contributed by atoms with van der Waals surface area (Å²) in [5.74, 6) is -0.337. The number of nitrogens with zero attached hydrogens (tertiary/aromatic N) is 2. The zero-order valence-electron chi connectivity index (χ0n) is 8.24. The lowest BCUT2D eigenvalue weighted by atomic mass is 10.1. The fourth-order valence-corrected chi connectivity index (χ4v) is 1.91. The van der Waals surface area contributed by atoms with Crippen molar-refractivity contribution in [3.05, 3.63) is 12.3 Å². The third-order valence-corrected chi connectivity index (χ3v) is 2.69. The molecule has 0 aromatic heterocycles. The van der Waals surface area contributed by atoms with Crippen LogP contribution in [0.4, 0.5) is 0 Å². The summed E-state index contributed by atoms with van der Waals surface area (Å²) in [7, 11) is 0. The summed E-state index contributed by atoms with van der Waals surface area (Å²) in [5.41, 5.74) is 11.8. The number of hydrogen-bond donors (Lipinski definition) is 3. The molecular weight excluding hydrogens is 178 g/mol. The average molecular weight is 195 g/mol. The minimum absolute atomic E-state index is 0.483. The molecule has 0 radical (unpaired) electrons. The maximum atomic E-state index is 6.12. The summed E-state index contributed by atoms with van der Waals surface area (Å²) in [6.45, 7) is 1.96. The van der Waals surface area contributed by atoms with E-state index in [1.54, 1.807) is 12.3 Å². The molecule has 0 bridgehead atoms. The molecule has 78 valence electrons. The summed E-state index contributed by atoms with van der Waals surface area (Å²) in [5, 5.41) is 3.05. The Bertz CT molecular complexity index is 266. The smallest absolute Gasteiger partial charge is 0.246 e. The summed E-state index contributed by atoms with van der Waals surface area (Å²) in [6.07, 6.45) is 7.12. The molecular formula is C9H17N5. The van der Waals surface area contributed by atoms with Crippen LogP contribution < -0.4 is 16.8 Å². The van der Waals surface area contributed by atoms with Crippen molar-refractivity contribution in [3.63, 3.8) is 0 Å². The van der Waals surface area contributed by atoms with Crippen LogP contribution in [0.5, 0.6) is 0 Å². The van der Waals surface area contributed by atoms with Crippen LogP contribution in [0.25, 0.3) is 0 Å². The van der Waals surface area contributed by atoms with Crippen molar-refractivity contribution >= 4 is 5.84 Å². The van der Waals surface area contributed by atoms with E-state index in [1.807, 2.05) is 0 Å². The lowest BCUT2D eigenvalue weighted by Gasteiger charge is -2.41. The molecule has 2 rings (SSSR count). The van der Waals surface area contributed by atoms with Gasteiger partial charge in [-0.25, -0.2) is 9.89 Å². The lowest BCUT2D eigenvalue weighted by molar-refractivity contribution is 0.0589. The highest BCUT2D eigenvalue weighted by atomic mass is 15.5. The highest BCUT2D eigenvalue weighted by molar-refractivity contribution is 5.92. The van der Waals surface area contributed by atoms with Gasteiger partial charge in [0.15, 0.2) is 0 Å². The Labute approximate surface area is 83.8 Å². The van der Waals surface area contributed by atoms with Gasteiger partial charge in [0.2, 0.25) is 5.91 Å². The predicted molar refractivity (Wildman–Crippen MR) is 56.2 cm³/mol. The second kappa shape index (κ2) is 3.59. The maximum Gasteiger partial charge on any atom is 0.246 e. The number of piperidine rings is 1. The molecule has 2 heterocycles. The first-order valence-electron chi connectivity index (χ1n) is 5.04. The second-order valence-corrected chi connectivity index (χ2v) is 3.79. The van der Waals surface area contributed by atoms with Gasteiger partial charge >= 0.3 is 0 Å². The van der Waals surface area contributed by atoms with Crippen molar-refractivity contribution in [1.82, 2.24) is 10.2 Å². The van der Waals surface area contributed by atoms with E-state index in [0.29, 0.717) is 5.84 Å². The minimum atomic E-state index is -0.820. The molecule has 0 aromatic carbocycles. The molecule has 0 aliphatic carbocycles. The zero-order valence-corrected chi connectivity index (χ0v) is 8.24. The maximum absolute atomic E-state index is 6.12. The number of amidine groups is 1. The van der Waals surface area contributed by atoms with Crippen LogP contribution in [0.15, 0.2) is 17.3 Å². The molecule has 2 aliphatic rings. The number of nitrogens with one attached hydrogen (secondary N) is 1. The van der Waals surface area contributed by atoms with Gasteiger partial charge in [0.25, 0.3) is 0 Å². The van der Waals surface area contributed by atoms with E-state index in [4.69, 9.17) is 11.5 Å². The van der Waals surface area contributed by atoms with Crippen molar-refractivity contribution in [2.75, 3.05) is 13.1 Å². The van der Waals surface area contributed by atoms with E-state index in [1.165, 1.54) is 19.3 Å². The first kappa shape index (κ1) is 9.48. The third kappa shape index (κ3) is 1.73. The van der Waals surface area contributed by atoms with Crippen LogP contribution in [-0.2, 0) is 0 Å². The molecule has 2 aliphatic heterocycles. The summed E-state index contributed by atoms with van der Waals surface area (Å²) in [6, 6.07) is 0. The fourth-order valence-electron chi connectivity index (χ4n) is 1.91. The SMILES string of the molecule is NC1=NC(N)(N2CCCCC2)NC=C1. The summed E-state index contributed by atoms with van der Waals surface area (Å²) >= 11 is 0. The van der Waals surface area contributed by atoms with Crippen LogP contribution in [0.2, 0.25) is 0 Å². The van der Waals surface area contributed by atoms with Gasteiger partial charge in [-0.15, -0.1) is 0 Å². The van der Waals surface area contributed by atoms with Crippen LogP contribution >= 0.6 is 0 Å². The average Bonchev–Trinajstić information content (AvgIpc) is 2.19. The van der Waals surface area contributed by atoms with Gasteiger partial charge in [0.1, 0.15) is 5.84 Å². The topological polar surface area (TPSA) is 79.7 Å². The Morgan fingerprint density at radius 1 is 1.36 bits per heavy atom. The van der Waals surface area contributed by atoms with Gasteiger partial charge in [-0.1, -0.05) is 6.42 Å². The minimum Gasteiger partial charge on any atom is -0.384 e. The molecule has 0 spiro atoms. The predicted octanol–water partition coefficient (Wildman–Crippen LogP) is -0.484. The lowest BCUT2D eigenvalue weighted by Crippen LogP contribution is -2.65. The number of rotatable bonds is 1. The van der Waals surface area contributed by atoms with Crippen molar-refractivity contribution in [2.45, 2.75) is 25.2 Å². The van der Waals surface area contributed by atoms with E-state index in [-0.39, 0.29) is 0 Å². The van der Waals surface area contributed by atoms with E-state index in [0.717, 1.165) is 13.1 Å². The largest absolute Gasteiger partial charge is 0.384 e. The Morgan fingerprint density at radius 3 is 2.71 bits per heavy atom. The number of nitrogens with two attached hydrogens (primary N) is 2. The Hall–Kier alpha value is -1.07. The third-order valence-electron chi connectivity index (χ3n) is 2.69. The van der Waals surface area contributed by atoms with E-state index >= 15 is 0 Å². The van der Waals surface area contributed by atoms with Crippen molar-refractivity contribution in [3.8, 4) is 0 Å². The molecule has 1 saturated heterocycles. The number of aliphatic imine (C=N–C) groups is 1. The first-order chi connectivity index (χ1) is 6.71. The molecule has 0 saturated carbocycles. The highest BCUT2D eigenvalue weighted by Gasteiger charge is 2.33. The fraction of sp³-hybridized carbons (Fsp3) is 0.667. The van der Waals surface area contributed by atoms with E-state index in [9.17, 15) is 0 Å². The molecule has 5 N–H and O–H groups in total.